The lowest BCUT2D eigenvalue weighted by atomic mass is 10.1. The molecule has 26 heavy (non-hydrogen) atoms. The summed E-state index contributed by atoms with van der Waals surface area (Å²) >= 11 is 4.50. The van der Waals surface area contributed by atoms with E-state index in [2.05, 4.69) is 15.9 Å². The number of carbonyl (C=O) groups excluding carboxylic acids is 1. The summed E-state index contributed by atoms with van der Waals surface area (Å²) < 4.78 is 27.9. The fourth-order valence-electron chi connectivity index (χ4n) is 2.79. The zero-order chi connectivity index (χ0) is 18.9. The normalized spacial score (nSPS) is 15.9. The van der Waals surface area contributed by atoms with Crippen LogP contribution < -0.4 is 4.90 Å². The second-order valence-corrected chi connectivity index (χ2v) is 10.8. The van der Waals surface area contributed by atoms with Gasteiger partial charge in [-0.2, -0.15) is 4.31 Å². The molecule has 2 aromatic rings. The third kappa shape index (κ3) is 3.95. The summed E-state index contributed by atoms with van der Waals surface area (Å²) in [5.41, 5.74) is 1.58. The quantitative estimate of drug-likeness (QED) is 0.707. The monoisotopic (exact) mass is 457 g/mol. The van der Waals surface area contributed by atoms with Crippen LogP contribution in [-0.4, -0.2) is 63.8 Å². The van der Waals surface area contributed by atoms with Crippen molar-refractivity contribution in [2.45, 2.75) is 4.21 Å². The van der Waals surface area contributed by atoms with E-state index in [0.29, 0.717) is 36.0 Å². The molecular weight excluding hydrogens is 438 g/mol. The van der Waals surface area contributed by atoms with Crippen molar-refractivity contribution in [2.75, 3.05) is 45.2 Å². The minimum atomic E-state index is -3.50. The molecule has 0 atom stereocenters. The summed E-state index contributed by atoms with van der Waals surface area (Å²) in [5.74, 6) is -0.0652. The van der Waals surface area contributed by atoms with E-state index < -0.39 is 10.0 Å². The lowest BCUT2D eigenvalue weighted by molar-refractivity contribution is 0.0698. The SMILES string of the molecule is CN(C)c1cccc(C(=O)N2CCN(S(=O)(=O)c3ccc(Br)s3)CC2)c1. The van der Waals surface area contributed by atoms with Crippen LogP contribution in [0.5, 0.6) is 0 Å². The first-order chi connectivity index (χ1) is 12.3. The fraction of sp³-hybridized carbons (Fsp3) is 0.353. The topological polar surface area (TPSA) is 60.9 Å². The van der Waals surface area contributed by atoms with Crippen molar-refractivity contribution in [3.05, 3.63) is 45.7 Å². The number of rotatable bonds is 4. The first-order valence-corrected chi connectivity index (χ1v) is 11.2. The van der Waals surface area contributed by atoms with E-state index >= 15 is 0 Å². The molecule has 1 amide bonds. The van der Waals surface area contributed by atoms with E-state index in [1.54, 1.807) is 23.1 Å². The van der Waals surface area contributed by atoms with Crippen molar-refractivity contribution >= 4 is 48.9 Å². The van der Waals surface area contributed by atoms with E-state index in [4.69, 9.17) is 0 Å². The second kappa shape index (κ2) is 7.67. The maximum Gasteiger partial charge on any atom is 0.254 e. The van der Waals surface area contributed by atoms with Gasteiger partial charge in [-0.3, -0.25) is 4.79 Å². The maximum atomic E-state index is 12.7. The third-order valence-corrected chi connectivity index (χ3v) is 8.27. The highest BCUT2D eigenvalue weighted by atomic mass is 79.9. The van der Waals surface area contributed by atoms with E-state index in [1.807, 2.05) is 37.2 Å². The molecule has 1 fully saturated rings. The van der Waals surface area contributed by atoms with Gasteiger partial charge in [-0.15, -0.1) is 11.3 Å². The molecule has 140 valence electrons. The molecule has 1 aromatic heterocycles. The molecule has 6 nitrogen and oxygen atoms in total. The number of hydrogen-bond donors (Lipinski definition) is 0. The van der Waals surface area contributed by atoms with Crippen LogP contribution in [0.2, 0.25) is 0 Å². The third-order valence-electron chi connectivity index (χ3n) is 4.28. The maximum absolute atomic E-state index is 12.7. The first-order valence-electron chi connectivity index (χ1n) is 8.11. The van der Waals surface area contributed by atoms with Crippen molar-refractivity contribution in [3.8, 4) is 0 Å². The molecular formula is C17H20BrN3O3S2. The highest BCUT2D eigenvalue weighted by molar-refractivity contribution is 9.11. The van der Waals surface area contributed by atoms with Gasteiger partial charge in [0, 0.05) is 51.5 Å². The second-order valence-electron chi connectivity index (χ2n) is 6.20. The number of piperazine rings is 1. The van der Waals surface area contributed by atoms with Crippen LogP contribution in [0.15, 0.2) is 44.4 Å². The largest absolute Gasteiger partial charge is 0.378 e. The molecule has 2 heterocycles. The molecule has 1 saturated heterocycles. The highest BCUT2D eigenvalue weighted by Crippen LogP contribution is 2.29. The molecule has 1 aromatic carbocycles. The number of carbonyl (C=O) groups is 1. The fourth-order valence-corrected chi connectivity index (χ4v) is 6.38. The van der Waals surface area contributed by atoms with Gasteiger partial charge in [0.05, 0.1) is 3.79 Å². The van der Waals surface area contributed by atoms with Crippen molar-refractivity contribution in [1.29, 1.82) is 0 Å². The molecule has 0 bridgehead atoms. The molecule has 1 aliphatic heterocycles. The number of anilines is 1. The number of amides is 1. The molecule has 0 saturated carbocycles. The molecule has 3 rings (SSSR count). The van der Waals surface area contributed by atoms with Crippen LogP contribution >= 0.6 is 27.3 Å². The van der Waals surface area contributed by atoms with E-state index in [0.717, 1.165) is 9.47 Å². The number of nitrogens with zero attached hydrogens (tertiary/aromatic N) is 3. The highest BCUT2D eigenvalue weighted by Gasteiger charge is 2.31. The zero-order valence-electron chi connectivity index (χ0n) is 14.6. The van der Waals surface area contributed by atoms with Gasteiger partial charge in [-0.1, -0.05) is 6.07 Å². The Morgan fingerprint density at radius 1 is 1.12 bits per heavy atom. The van der Waals surface area contributed by atoms with Gasteiger partial charge in [-0.05, 0) is 46.3 Å². The Balaban J connectivity index is 1.68. The lowest BCUT2D eigenvalue weighted by Gasteiger charge is -2.33. The Hall–Kier alpha value is -1.42. The Kier molecular flexibility index (Phi) is 5.71. The number of thiophene rings is 1. The molecule has 0 spiro atoms. The lowest BCUT2D eigenvalue weighted by Crippen LogP contribution is -2.50. The zero-order valence-corrected chi connectivity index (χ0v) is 17.8. The summed E-state index contributed by atoms with van der Waals surface area (Å²) in [7, 11) is 0.358. The van der Waals surface area contributed by atoms with Gasteiger partial charge in [0.1, 0.15) is 4.21 Å². The molecule has 0 unspecified atom stereocenters. The summed E-state index contributed by atoms with van der Waals surface area (Å²) in [6, 6.07) is 10.8. The van der Waals surface area contributed by atoms with Crippen LogP contribution in [-0.2, 0) is 10.0 Å². The molecule has 0 aliphatic carbocycles. The van der Waals surface area contributed by atoms with Crippen molar-refractivity contribution in [1.82, 2.24) is 9.21 Å². The van der Waals surface area contributed by atoms with Crippen LogP contribution in [0.25, 0.3) is 0 Å². The minimum absolute atomic E-state index is 0.0652. The Morgan fingerprint density at radius 2 is 1.81 bits per heavy atom. The van der Waals surface area contributed by atoms with Crippen LogP contribution in [0.1, 0.15) is 10.4 Å². The van der Waals surface area contributed by atoms with Crippen molar-refractivity contribution < 1.29 is 13.2 Å². The molecule has 9 heteroatoms. The molecule has 0 N–H and O–H groups in total. The van der Waals surface area contributed by atoms with Gasteiger partial charge in [0.15, 0.2) is 0 Å². The predicted molar refractivity (Wildman–Crippen MR) is 107 cm³/mol. The first kappa shape index (κ1) is 19.3. The standard InChI is InChI=1S/C17H20BrN3O3S2/c1-19(2)14-5-3-4-13(12-14)17(22)20-8-10-21(11-9-20)26(23,24)16-7-6-15(18)25-16/h3-7,12H,8-11H2,1-2H3. The number of halogens is 1. The van der Waals surface area contributed by atoms with Crippen LogP contribution in [0, 0.1) is 0 Å². The Bertz CT molecular complexity index is 903. The van der Waals surface area contributed by atoms with Gasteiger partial charge in [0.2, 0.25) is 0 Å². The number of hydrogen-bond acceptors (Lipinski definition) is 5. The Labute approximate surface area is 166 Å². The smallest absolute Gasteiger partial charge is 0.254 e. The van der Waals surface area contributed by atoms with Crippen LogP contribution in [0.4, 0.5) is 5.69 Å². The van der Waals surface area contributed by atoms with E-state index in [9.17, 15) is 13.2 Å². The number of benzene rings is 1. The minimum Gasteiger partial charge on any atom is -0.378 e. The van der Waals surface area contributed by atoms with Gasteiger partial charge >= 0.3 is 0 Å². The Morgan fingerprint density at radius 3 is 2.38 bits per heavy atom. The average Bonchev–Trinajstić information content (AvgIpc) is 3.08. The van der Waals surface area contributed by atoms with Crippen molar-refractivity contribution in [3.63, 3.8) is 0 Å². The van der Waals surface area contributed by atoms with E-state index in [1.165, 1.54) is 15.6 Å². The number of sulfonamides is 1. The predicted octanol–water partition coefficient (Wildman–Crippen LogP) is 2.72. The summed E-state index contributed by atoms with van der Waals surface area (Å²) in [4.78, 5) is 16.4. The summed E-state index contributed by atoms with van der Waals surface area (Å²) in [6.45, 7) is 1.38. The van der Waals surface area contributed by atoms with Gasteiger partial charge in [0.25, 0.3) is 15.9 Å². The van der Waals surface area contributed by atoms with Crippen LogP contribution in [0.3, 0.4) is 0 Å². The van der Waals surface area contributed by atoms with Crippen molar-refractivity contribution in [2.24, 2.45) is 0 Å². The van der Waals surface area contributed by atoms with E-state index in [-0.39, 0.29) is 5.91 Å². The van der Waals surface area contributed by atoms with Gasteiger partial charge < -0.3 is 9.80 Å². The molecule has 1 aliphatic rings. The van der Waals surface area contributed by atoms with Gasteiger partial charge in [-0.25, -0.2) is 8.42 Å². The molecule has 0 radical (unpaired) electrons. The average molecular weight is 458 g/mol. The summed E-state index contributed by atoms with van der Waals surface area (Å²) in [6.07, 6.45) is 0. The summed E-state index contributed by atoms with van der Waals surface area (Å²) in [5, 5.41) is 0.